The molecule has 28 heavy (non-hydrogen) atoms. The third-order valence-electron chi connectivity index (χ3n) is 4.21. The maximum Gasteiger partial charge on any atom is 0.416 e. The Morgan fingerprint density at radius 1 is 0.893 bits per heavy atom. The summed E-state index contributed by atoms with van der Waals surface area (Å²) >= 11 is 0. The molecule has 6 heteroatoms. The molecule has 0 aromatic heterocycles. The van der Waals surface area contributed by atoms with E-state index in [0.29, 0.717) is 17.8 Å². The van der Waals surface area contributed by atoms with Crippen molar-refractivity contribution in [3.05, 3.63) is 83.9 Å². The lowest BCUT2D eigenvalue weighted by molar-refractivity contribution is -0.137. The molecule has 0 fully saturated rings. The quantitative estimate of drug-likeness (QED) is 0.578. The van der Waals surface area contributed by atoms with Crippen molar-refractivity contribution in [3.63, 3.8) is 0 Å². The number of carbonyl (C=O) groups excluding carboxylic acids is 1. The van der Waals surface area contributed by atoms with Crippen molar-refractivity contribution in [2.45, 2.75) is 13.1 Å². The molecule has 0 aliphatic rings. The lowest BCUT2D eigenvalue weighted by atomic mass is 10.0. The molecule has 0 aliphatic heterocycles. The number of hydrogen-bond acceptors (Lipinski definition) is 2. The zero-order chi connectivity index (χ0) is 20.1. The molecule has 0 saturated carbocycles. The van der Waals surface area contributed by atoms with Crippen LogP contribution in [0.4, 0.5) is 24.5 Å². The van der Waals surface area contributed by atoms with Gasteiger partial charge >= 0.3 is 6.18 Å². The number of alkyl halides is 3. The maximum atomic E-state index is 12.7. The summed E-state index contributed by atoms with van der Waals surface area (Å²) in [6, 6.07) is 19.6. The molecule has 3 aromatic carbocycles. The number of carbonyl (C=O) groups is 1. The fraction of sp³-hybridized carbons (Fsp3) is 0.136. The number of rotatable bonds is 5. The van der Waals surface area contributed by atoms with E-state index in [1.54, 1.807) is 12.1 Å². The van der Waals surface area contributed by atoms with Crippen LogP contribution < -0.4 is 10.6 Å². The standard InChI is InChI=1S/C22H19F3N2O/c1-2-26-21(28)16-9-7-15(8-10-16)19-5-3-4-6-20(19)27-18-13-11-17(12-14-18)22(23,24)25/h3-14,27H,2H2,1H3,(H,26,28). The van der Waals surface area contributed by atoms with Gasteiger partial charge in [-0.1, -0.05) is 30.3 Å². The van der Waals surface area contributed by atoms with E-state index >= 15 is 0 Å². The summed E-state index contributed by atoms with van der Waals surface area (Å²) in [7, 11) is 0. The minimum Gasteiger partial charge on any atom is -0.355 e. The van der Waals surface area contributed by atoms with Crippen molar-refractivity contribution in [1.29, 1.82) is 0 Å². The topological polar surface area (TPSA) is 41.1 Å². The smallest absolute Gasteiger partial charge is 0.355 e. The molecule has 0 bridgehead atoms. The van der Waals surface area contributed by atoms with E-state index in [-0.39, 0.29) is 5.91 Å². The van der Waals surface area contributed by atoms with E-state index in [2.05, 4.69) is 10.6 Å². The average molecular weight is 384 g/mol. The lowest BCUT2D eigenvalue weighted by Crippen LogP contribution is -2.22. The first-order chi connectivity index (χ1) is 13.4. The number of anilines is 2. The van der Waals surface area contributed by atoms with Crippen LogP contribution in [-0.2, 0) is 6.18 Å². The van der Waals surface area contributed by atoms with Crippen LogP contribution >= 0.6 is 0 Å². The molecule has 0 radical (unpaired) electrons. The number of nitrogens with one attached hydrogen (secondary N) is 2. The Morgan fingerprint density at radius 2 is 1.54 bits per heavy atom. The van der Waals surface area contributed by atoms with Gasteiger partial charge in [-0.05, 0) is 55.0 Å². The van der Waals surface area contributed by atoms with Crippen LogP contribution in [0, 0.1) is 0 Å². The molecule has 144 valence electrons. The Morgan fingerprint density at radius 3 is 2.14 bits per heavy atom. The average Bonchev–Trinajstić information content (AvgIpc) is 2.68. The van der Waals surface area contributed by atoms with Crippen molar-refractivity contribution in [2.24, 2.45) is 0 Å². The van der Waals surface area contributed by atoms with E-state index in [1.165, 1.54) is 12.1 Å². The highest BCUT2D eigenvalue weighted by Crippen LogP contribution is 2.33. The van der Waals surface area contributed by atoms with Crippen molar-refractivity contribution in [2.75, 3.05) is 11.9 Å². The highest BCUT2D eigenvalue weighted by molar-refractivity contribution is 5.95. The van der Waals surface area contributed by atoms with Gasteiger partial charge in [0.15, 0.2) is 0 Å². The van der Waals surface area contributed by atoms with Crippen LogP contribution in [0.15, 0.2) is 72.8 Å². The van der Waals surface area contributed by atoms with E-state index in [9.17, 15) is 18.0 Å². The molecule has 0 unspecified atom stereocenters. The first kappa shape index (κ1) is 19.5. The number of amides is 1. The summed E-state index contributed by atoms with van der Waals surface area (Å²) in [5.41, 5.74) is 2.96. The van der Waals surface area contributed by atoms with Crippen molar-refractivity contribution < 1.29 is 18.0 Å². The maximum absolute atomic E-state index is 12.7. The molecule has 3 rings (SSSR count). The molecule has 1 amide bonds. The van der Waals surface area contributed by atoms with Crippen LogP contribution in [0.3, 0.4) is 0 Å². The summed E-state index contributed by atoms with van der Waals surface area (Å²) < 4.78 is 38.2. The van der Waals surface area contributed by atoms with Crippen molar-refractivity contribution in [1.82, 2.24) is 5.32 Å². The monoisotopic (exact) mass is 384 g/mol. The SMILES string of the molecule is CCNC(=O)c1ccc(-c2ccccc2Nc2ccc(C(F)(F)F)cc2)cc1. The predicted octanol–water partition coefficient (Wildman–Crippen LogP) is 5.87. The molecule has 2 N–H and O–H groups in total. The summed E-state index contributed by atoms with van der Waals surface area (Å²) in [5.74, 6) is -0.134. The van der Waals surface area contributed by atoms with Gasteiger partial charge in [0.1, 0.15) is 0 Å². The Labute approximate surface area is 161 Å². The molecule has 3 aromatic rings. The third-order valence-corrected chi connectivity index (χ3v) is 4.21. The van der Waals surface area contributed by atoms with Gasteiger partial charge in [-0.2, -0.15) is 13.2 Å². The Kier molecular flexibility index (Phi) is 5.68. The highest BCUT2D eigenvalue weighted by Gasteiger charge is 2.29. The van der Waals surface area contributed by atoms with Crippen molar-refractivity contribution >= 4 is 17.3 Å². The van der Waals surface area contributed by atoms with Crippen LogP contribution in [0.5, 0.6) is 0 Å². The van der Waals surface area contributed by atoms with E-state index in [1.807, 2.05) is 43.3 Å². The van der Waals surface area contributed by atoms with E-state index < -0.39 is 11.7 Å². The first-order valence-corrected chi connectivity index (χ1v) is 8.80. The Hall–Kier alpha value is -3.28. The Balaban J connectivity index is 1.84. The molecular formula is C22H19F3N2O. The van der Waals surface area contributed by atoms with Crippen LogP contribution in [-0.4, -0.2) is 12.5 Å². The van der Waals surface area contributed by atoms with Crippen LogP contribution in [0.1, 0.15) is 22.8 Å². The van der Waals surface area contributed by atoms with Gasteiger partial charge in [-0.3, -0.25) is 4.79 Å². The Bertz CT molecular complexity index is 949. The van der Waals surface area contributed by atoms with Gasteiger partial charge in [0.25, 0.3) is 5.91 Å². The largest absolute Gasteiger partial charge is 0.416 e. The third kappa shape index (κ3) is 4.52. The van der Waals surface area contributed by atoms with Crippen LogP contribution in [0.25, 0.3) is 11.1 Å². The number of para-hydroxylation sites is 1. The van der Waals surface area contributed by atoms with Gasteiger partial charge in [0.05, 0.1) is 5.56 Å². The second-order valence-corrected chi connectivity index (χ2v) is 6.18. The number of hydrogen-bond donors (Lipinski definition) is 2. The van der Waals surface area contributed by atoms with E-state index in [0.717, 1.165) is 28.9 Å². The van der Waals surface area contributed by atoms with Gasteiger partial charge in [0, 0.05) is 29.0 Å². The first-order valence-electron chi connectivity index (χ1n) is 8.80. The van der Waals surface area contributed by atoms with Gasteiger partial charge < -0.3 is 10.6 Å². The molecule has 0 saturated heterocycles. The summed E-state index contributed by atoms with van der Waals surface area (Å²) in [4.78, 5) is 11.9. The highest BCUT2D eigenvalue weighted by atomic mass is 19.4. The minimum atomic E-state index is -4.36. The van der Waals surface area contributed by atoms with Gasteiger partial charge in [-0.25, -0.2) is 0 Å². The molecule has 3 nitrogen and oxygen atoms in total. The van der Waals surface area contributed by atoms with Crippen LogP contribution in [0.2, 0.25) is 0 Å². The van der Waals surface area contributed by atoms with E-state index in [4.69, 9.17) is 0 Å². The fourth-order valence-electron chi connectivity index (χ4n) is 2.81. The fourth-order valence-corrected chi connectivity index (χ4v) is 2.81. The summed E-state index contributed by atoms with van der Waals surface area (Å²) in [5, 5.41) is 5.91. The number of halogens is 3. The molecule has 0 heterocycles. The second kappa shape index (κ2) is 8.17. The number of benzene rings is 3. The minimum absolute atomic E-state index is 0.134. The summed E-state index contributed by atoms with van der Waals surface area (Å²) in [6.45, 7) is 2.41. The molecule has 0 aliphatic carbocycles. The second-order valence-electron chi connectivity index (χ2n) is 6.18. The molecular weight excluding hydrogens is 365 g/mol. The normalized spacial score (nSPS) is 11.1. The molecule has 0 spiro atoms. The van der Waals surface area contributed by atoms with Gasteiger partial charge in [-0.15, -0.1) is 0 Å². The van der Waals surface area contributed by atoms with Crippen molar-refractivity contribution in [3.8, 4) is 11.1 Å². The van der Waals surface area contributed by atoms with Gasteiger partial charge in [0.2, 0.25) is 0 Å². The summed E-state index contributed by atoms with van der Waals surface area (Å²) in [6.07, 6.45) is -4.36. The predicted molar refractivity (Wildman–Crippen MR) is 105 cm³/mol. The zero-order valence-corrected chi connectivity index (χ0v) is 15.2. The zero-order valence-electron chi connectivity index (χ0n) is 15.2. The lowest BCUT2D eigenvalue weighted by Gasteiger charge is -2.14. The molecule has 0 atom stereocenters.